The van der Waals surface area contributed by atoms with Crippen LogP contribution in [0.25, 0.3) is 131 Å². The molecule has 0 N–H and O–H groups in total. The average Bonchev–Trinajstić information content (AvgIpc) is 3.85. The molecule has 13 rings (SSSR count). The minimum atomic E-state index is 0.901. The van der Waals surface area contributed by atoms with Gasteiger partial charge in [0.2, 0.25) is 0 Å². The number of para-hydroxylation sites is 2. The first-order chi connectivity index (χ1) is 28.7. The van der Waals surface area contributed by atoms with Crippen molar-refractivity contribution in [3.8, 4) is 44.5 Å². The van der Waals surface area contributed by atoms with Crippen molar-refractivity contribution in [2.75, 3.05) is 0 Å². The Hall–Kier alpha value is -7.68. The Morgan fingerprint density at radius 1 is 0.224 bits per heavy atom. The van der Waals surface area contributed by atoms with E-state index in [4.69, 9.17) is 8.83 Å². The van der Waals surface area contributed by atoms with Crippen LogP contribution >= 0.6 is 0 Å². The molecule has 0 saturated carbocycles. The second-order valence-corrected chi connectivity index (χ2v) is 15.6. The number of fused-ring (bicyclic) bond motifs is 7. The summed E-state index contributed by atoms with van der Waals surface area (Å²) in [5.74, 6) is 0. The van der Waals surface area contributed by atoms with Crippen molar-refractivity contribution in [1.29, 1.82) is 0 Å². The van der Waals surface area contributed by atoms with Crippen LogP contribution < -0.4 is 0 Å². The summed E-state index contributed by atoms with van der Waals surface area (Å²) in [6.07, 6.45) is 0. The summed E-state index contributed by atoms with van der Waals surface area (Å²) in [6, 6.07) is 70.7. The first-order valence-corrected chi connectivity index (χ1v) is 19.9. The third-order valence-electron chi connectivity index (χ3n) is 12.4. The van der Waals surface area contributed by atoms with E-state index in [1.165, 1.54) is 87.6 Å². The van der Waals surface area contributed by atoms with Gasteiger partial charge in [-0.3, -0.25) is 0 Å². The van der Waals surface area contributed by atoms with E-state index < -0.39 is 0 Å². The van der Waals surface area contributed by atoms with Gasteiger partial charge in [-0.1, -0.05) is 127 Å². The van der Waals surface area contributed by atoms with Gasteiger partial charge in [-0.05, 0) is 154 Å². The Balaban J connectivity index is 1.04. The molecule has 0 aliphatic carbocycles. The summed E-state index contributed by atoms with van der Waals surface area (Å²) in [5.41, 5.74) is 13.3. The molecule has 0 amide bonds. The van der Waals surface area contributed by atoms with Gasteiger partial charge in [0.15, 0.2) is 0 Å². The summed E-state index contributed by atoms with van der Waals surface area (Å²) < 4.78 is 12.5. The molecule has 0 spiro atoms. The number of rotatable bonds is 4. The smallest absolute Gasteiger partial charge is 0.135 e. The van der Waals surface area contributed by atoms with E-state index in [0.717, 1.165) is 43.9 Å². The number of hydrogen-bond donors (Lipinski definition) is 0. The quantitative estimate of drug-likeness (QED) is 0.168. The first-order valence-electron chi connectivity index (χ1n) is 19.9. The number of hydrogen-bond acceptors (Lipinski definition) is 2. The summed E-state index contributed by atoms with van der Waals surface area (Å²) in [4.78, 5) is 0. The predicted octanol–water partition coefficient (Wildman–Crippen LogP) is 16.2. The average molecular weight is 737 g/mol. The monoisotopic (exact) mass is 736 g/mol. The second-order valence-electron chi connectivity index (χ2n) is 15.6. The molecule has 11 aromatic carbocycles. The van der Waals surface area contributed by atoms with Gasteiger partial charge in [-0.2, -0.15) is 0 Å². The maximum absolute atomic E-state index is 6.27. The van der Waals surface area contributed by atoms with E-state index in [9.17, 15) is 0 Å². The van der Waals surface area contributed by atoms with Gasteiger partial charge in [0, 0.05) is 21.5 Å². The highest BCUT2D eigenvalue weighted by Crippen LogP contribution is 2.47. The molecular formula is C56H32O2. The van der Waals surface area contributed by atoms with Gasteiger partial charge in [0.05, 0.1) is 0 Å². The molecule has 0 fully saturated rings. The lowest BCUT2D eigenvalue weighted by Gasteiger charge is -2.19. The minimum absolute atomic E-state index is 0.901. The largest absolute Gasteiger partial charge is 0.456 e. The van der Waals surface area contributed by atoms with Gasteiger partial charge < -0.3 is 8.83 Å². The zero-order valence-electron chi connectivity index (χ0n) is 31.3. The third-order valence-corrected chi connectivity index (χ3v) is 12.4. The van der Waals surface area contributed by atoms with Crippen molar-refractivity contribution in [3.05, 3.63) is 194 Å². The van der Waals surface area contributed by atoms with E-state index >= 15 is 0 Å². The van der Waals surface area contributed by atoms with E-state index in [-0.39, 0.29) is 0 Å². The summed E-state index contributed by atoms with van der Waals surface area (Å²) in [5, 5.41) is 14.5. The molecule has 2 heterocycles. The maximum atomic E-state index is 6.27. The van der Waals surface area contributed by atoms with Crippen LogP contribution in [0, 0.1) is 0 Å². The molecule has 0 radical (unpaired) electrons. The first kappa shape index (κ1) is 31.5. The fourth-order valence-corrected chi connectivity index (χ4v) is 9.58. The van der Waals surface area contributed by atoms with Crippen molar-refractivity contribution in [2.45, 2.75) is 0 Å². The Morgan fingerprint density at radius 3 is 1.24 bits per heavy atom. The van der Waals surface area contributed by atoms with E-state index in [0.29, 0.717) is 0 Å². The van der Waals surface area contributed by atoms with Crippen molar-refractivity contribution in [3.63, 3.8) is 0 Å². The van der Waals surface area contributed by atoms with Gasteiger partial charge in [0.1, 0.15) is 22.3 Å². The Labute approximate surface area is 333 Å². The lowest BCUT2D eigenvalue weighted by atomic mass is 9.84. The lowest BCUT2D eigenvalue weighted by Crippen LogP contribution is -1.92. The van der Waals surface area contributed by atoms with Gasteiger partial charge in [0.25, 0.3) is 0 Å². The van der Waals surface area contributed by atoms with Crippen LogP contribution in [0.4, 0.5) is 0 Å². The van der Waals surface area contributed by atoms with E-state index in [2.05, 4.69) is 170 Å². The molecule has 0 unspecified atom stereocenters. The Bertz CT molecular complexity index is 3610. The highest BCUT2D eigenvalue weighted by atomic mass is 16.3. The van der Waals surface area contributed by atoms with Crippen molar-refractivity contribution in [1.82, 2.24) is 0 Å². The molecule has 2 heteroatoms. The molecule has 0 aliphatic heterocycles. The van der Waals surface area contributed by atoms with Crippen molar-refractivity contribution >= 4 is 87.0 Å². The normalized spacial score (nSPS) is 12.1. The molecule has 13 aromatic rings. The number of benzene rings is 11. The highest BCUT2D eigenvalue weighted by molar-refractivity contribution is 6.29. The molecule has 2 nitrogen and oxygen atoms in total. The SMILES string of the molecule is c1ccc(-c2ccc3cc(-c4cc5ccc6c(-c7ccc8oc9ccccc9c8c7)cc(-c7ccc8oc9ccccc9c8c7)c7ccc(c4)c5c67)ccc3c2)cc1. The molecule has 58 heavy (non-hydrogen) atoms. The zero-order chi connectivity index (χ0) is 37.9. The van der Waals surface area contributed by atoms with Gasteiger partial charge in [-0.25, -0.2) is 0 Å². The van der Waals surface area contributed by atoms with Crippen molar-refractivity contribution < 1.29 is 8.83 Å². The minimum Gasteiger partial charge on any atom is -0.456 e. The molecule has 0 bridgehead atoms. The van der Waals surface area contributed by atoms with Crippen LogP contribution in [0.5, 0.6) is 0 Å². The van der Waals surface area contributed by atoms with Crippen molar-refractivity contribution in [2.24, 2.45) is 0 Å². The molecule has 0 atom stereocenters. The van der Waals surface area contributed by atoms with Gasteiger partial charge in [-0.15, -0.1) is 0 Å². The lowest BCUT2D eigenvalue weighted by molar-refractivity contribution is 0.668. The summed E-state index contributed by atoms with van der Waals surface area (Å²) >= 11 is 0. The van der Waals surface area contributed by atoms with Gasteiger partial charge >= 0.3 is 0 Å². The summed E-state index contributed by atoms with van der Waals surface area (Å²) in [7, 11) is 0. The standard InChI is InChI=1S/C56H32O2/c1-2-8-33(9-3-1)34-14-15-36-27-37(17-16-35(36)26-34)42-28-40-18-22-45-47(38-20-24-53-49(30-38)43-10-4-6-12-51(43)57-53)32-48(46-23-19-41(29-42)55(40)56(45)46)39-21-25-54-50(31-39)44-11-5-7-13-52(44)58-54/h1-32H. The molecule has 2 aromatic heterocycles. The van der Waals surface area contributed by atoms with Crippen LogP contribution in [-0.2, 0) is 0 Å². The zero-order valence-corrected chi connectivity index (χ0v) is 31.3. The second kappa shape index (κ2) is 11.9. The molecule has 268 valence electrons. The van der Waals surface area contributed by atoms with Crippen LogP contribution in [-0.4, -0.2) is 0 Å². The fraction of sp³-hybridized carbons (Fsp3) is 0. The molecule has 0 saturated heterocycles. The Kier molecular flexibility index (Phi) is 6.47. The molecular weight excluding hydrogens is 705 g/mol. The van der Waals surface area contributed by atoms with E-state index in [1.54, 1.807) is 0 Å². The fourth-order valence-electron chi connectivity index (χ4n) is 9.58. The summed E-state index contributed by atoms with van der Waals surface area (Å²) in [6.45, 7) is 0. The van der Waals surface area contributed by atoms with E-state index in [1.807, 2.05) is 24.3 Å². The van der Waals surface area contributed by atoms with Crippen LogP contribution in [0.15, 0.2) is 203 Å². The topological polar surface area (TPSA) is 26.3 Å². The molecule has 0 aliphatic rings. The maximum Gasteiger partial charge on any atom is 0.135 e. The van der Waals surface area contributed by atoms with Crippen LogP contribution in [0.1, 0.15) is 0 Å². The predicted molar refractivity (Wildman–Crippen MR) is 244 cm³/mol. The number of furan rings is 2. The van der Waals surface area contributed by atoms with Crippen LogP contribution in [0.3, 0.4) is 0 Å². The third kappa shape index (κ3) is 4.66. The Morgan fingerprint density at radius 2 is 0.672 bits per heavy atom. The highest BCUT2D eigenvalue weighted by Gasteiger charge is 2.20. The van der Waals surface area contributed by atoms with Crippen LogP contribution in [0.2, 0.25) is 0 Å².